The van der Waals surface area contributed by atoms with Gasteiger partial charge in [-0.2, -0.15) is 0 Å². The molecule has 0 aliphatic rings. The van der Waals surface area contributed by atoms with Crippen LogP contribution in [0, 0.1) is 6.92 Å². The molecule has 0 saturated carbocycles. The summed E-state index contributed by atoms with van der Waals surface area (Å²) in [4.78, 5) is 2.23. The Bertz CT molecular complexity index is 538. The zero-order valence-electron chi connectivity index (χ0n) is 10.5. The second-order valence-electron chi connectivity index (χ2n) is 3.97. The van der Waals surface area contributed by atoms with Crippen LogP contribution in [0.15, 0.2) is 52.3 Å². The number of hydrogen-bond donors (Lipinski definition) is 1. The van der Waals surface area contributed by atoms with Crippen molar-refractivity contribution in [2.24, 2.45) is 0 Å². The van der Waals surface area contributed by atoms with Crippen molar-refractivity contribution in [1.29, 1.82) is 0 Å². The number of benzene rings is 2. The lowest BCUT2D eigenvalue weighted by Gasteiger charge is -2.12. The fourth-order valence-electron chi connectivity index (χ4n) is 1.79. The molecule has 2 rings (SSSR count). The molecule has 0 amide bonds. The standard InChI is InChI=1S/C15H16O2S/c1-11-6-3-4-8-13(11)18-14-9-5-7-12(10-16)15(14)17-2/h3-9,16H,10H2,1-2H3. The van der Waals surface area contributed by atoms with Crippen LogP contribution in [0.25, 0.3) is 0 Å². The molecule has 0 fully saturated rings. The Morgan fingerprint density at radius 3 is 2.44 bits per heavy atom. The van der Waals surface area contributed by atoms with Crippen molar-refractivity contribution in [2.45, 2.75) is 23.3 Å². The minimum Gasteiger partial charge on any atom is -0.495 e. The highest BCUT2D eigenvalue weighted by Crippen LogP contribution is 2.38. The van der Waals surface area contributed by atoms with Crippen LogP contribution in [0.1, 0.15) is 11.1 Å². The van der Waals surface area contributed by atoms with E-state index in [0.29, 0.717) is 0 Å². The van der Waals surface area contributed by atoms with Gasteiger partial charge >= 0.3 is 0 Å². The van der Waals surface area contributed by atoms with Gasteiger partial charge in [-0.1, -0.05) is 42.1 Å². The highest BCUT2D eigenvalue weighted by Gasteiger charge is 2.10. The first-order chi connectivity index (χ1) is 8.76. The van der Waals surface area contributed by atoms with E-state index in [1.807, 2.05) is 30.3 Å². The molecule has 2 aromatic rings. The molecule has 2 aromatic carbocycles. The van der Waals surface area contributed by atoms with Crippen LogP contribution in [-0.4, -0.2) is 12.2 Å². The average Bonchev–Trinajstić information content (AvgIpc) is 2.41. The third-order valence-electron chi connectivity index (χ3n) is 2.75. The van der Waals surface area contributed by atoms with Crippen LogP contribution >= 0.6 is 11.8 Å². The fraction of sp³-hybridized carbons (Fsp3) is 0.200. The van der Waals surface area contributed by atoms with E-state index in [0.717, 1.165) is 16.2 Å². The largest absolute Gasteiger partial charge is 0.495 e. The SMILES string of the molecule is COc1c(CO)cccc1Sc1ccccc1C. The van der Waals surface area contributed by atoms with Gasteiger partial charge in [-0.05, 0) is 24.6 Å². The zero-order chi connectivity index (χ0) is 13.0. The van der Waals surface area contributed by atoms with Gasteiger partial charge < -0.3 is 9.84 Å². The van der Waals surface area contributed by atoms with Gasteiger partial charge in [-0.15, -0.1) is 0 Å². The van der Waals surface area contributed by atoms with E-state index in [4.69, 9.17) is 4.74 Å². The van der Waals surface area contributed by atoms with Crippen LogP contribution in [0.2, 0.25) is 0 Å². The summed E-state index contributed by atoms with van der Waals surface area (Å²) in [6, 6.07) is 14.1. The molecule has 0 aliphatic heterocycles. The summed E-state index contributed by atoms with van der Waals surface area (Å²) in [7, 11) is 1.64. The average molecular weight is 260 g/mol. The number of ether oxygens (including phenoxy) is 1. The maximum absolute atomic E-state index is 9.31. The Morgan fingerprint density at radius 1 is 1.06 bits per heavy atom. The molecule has 1 N–H and O–H groups in total. The van der Waals surface area contributed by atoms with Gasteiger partial charge in [-0.3, -0.25) is 0 Å². The topological polar surface area (TPSA) is 29.5 Å². The van der Waals surface area contributed by atoms with Gasteiger partial charge in [0.1, 0.15) is 5.75 Å². The number of hydrogen-bond acceptors (Lipinski definition) is 3. The summed E-state index contributed by atoms with van der Waals surface area (Å²) < 4.78 is 5.40. The molecule has 0 bridgehead atoms. The number of aryl methyl sites for hydroxylation is 1. The van der Waals surface area contributed by atoms with E-state index >= 15 is 0 Å². The Labute approximate surface area is 112 Å². The lowest BCUT2D eigenvalue weighted by molar-refractivity contribution is 0.272. The molecule has 0 radical (unpaired) electrons. The van der Waals surface area contributed by atoms with Crippen LogP contribution in [-0.2, 0) is 6.61 Å². The summed E-state index contributed by atoms with van der Waals surface area (Å²) >= 11 is 1.66. The van der Waals surface area contributed by atoms with Crippen molar-refractivity contribution < 1.29 is 9.84 Å². The lowest BCUT2D eigenvalue weighted by Crippen LogP contribution is -1.94. The molecule has 0 atom stereocenters. The Kier molecular flexibility index (Phi) is 4.28. The Balaban J connectivity index is 2.37. The molecule has 2 nitrogen and oxygen atoms in total. The van der Waals surface area contributed by atoms with Gasteiger partial charge in [0.2, 0.25) is 0 Å². The van der Waals surface area contributed by atoms with Crippen LogP contribution in [0.3, 0.4) is 0 Å². The third-order valence-corrected chi connectivity index (χ3v) is 3.97. The number of aliphatic hydroxyl groups excluding tert-OH is 1. The van der Waals surface area contributed by atoms with Gasteiger partial charge in [0.05, 0.1) is 18.6 Å². The second-order valence-corrected chi connectivity index (χ2v) is 5.06. The summed E-state index contributed by atoms with van der Waals surface area (Å²) in [5.41, 5.74) is 2.05. The van der Waals surface area contributed by atoms with Crippen molar-refractivity contribution in [3.8, 4) is 5.75 Å². The first kappa shape index (κ1) is 13.0. The highest BCUT2D eigenvalue weighted by molar-refractivity contribution is 7.99. The first-order valence-corrected chi connectivity index (χ1v) is 6.58. The fourth-order valence-corrected chi connectivity index (χ4v) is 2.85. The van der Waals surface area contributed by atoms with Crippen LogP contribution in [0.4, 0.5) is 0 Å². The van der Waals surface area contributed by atoms with Crippen LogP contribution < -0.4 is 4.74 Å². The number of aliphatic hydroxyl groups is 1. The summed E-state index contributed by atoms with van der Waals surface area (Å²) in [5, 5.41) is 9.31. The second kappa shape index (κ2) is 5.94. The van der Waals surface area contributed by atoms with Crippen molar-refractivity contribution in [2.75, 3.05) is 7.11 Å². The highest BCUT2D eigenvalue weighted by atomic mass is 32.2. The molecule has 3 heteroatoms. The van der Waals surface area contributed by atoms with Crippen molar-refractivity contribution in [1.82, 2.24) is 0 Å². The summed E-state index contributed by atoms with van der Waals surface area (Å²) in [6.07, 6.45) is 0. The Morgan fingerprint density at radius 2 is 1.78 bits per heavy atom. The molecular weight excluding hydrogens is 244 g/mol. The van der Waals surface area contributed by atoms with Gasteiger partial charge in [0.25, 0.3) is 0 Å². The van der Waals surface area contributed by atoms with E-state index in [-0.39, 0.29) is 6.61 Å². The molecule has 0 unspecified atom stereocenters. The van der Waals surface area contributed by atoms with Crippen molar-refractivity contribution in [3.63, 3.8) is 0 Å². The summed E-state index contributed by atoms with van der Waals surface area (Å²) in [6.45, 7) is 2.08. The minimum absolute atomic E-state index is 0.00859. The summed E-state index contributed by atoms with van der Waals surface area (Å²) in [5.74, 6) is 0.758. The smallest absolute Gasteiger partial charge is 0.138 e. The molecule has 0 saturated heterocycles. The van der Waals surface area contributed by atoms with Crippen LogP contribution in [0.5, 0.6) is 5.75 Å². The predicted octanol–water partition coefficient (Wildman–Crippen LogP) is 3.65. The molecule has 94 valence electrons. The van der Waals surface area contributed by atoms with E-state index in [1.54, 1.807) is 18.9 Å². The lowest BCUT2D eigenvalue weighted by atomic mass is 10.2. The normalized spacial score (nSPS) is 10.4. The Hall–Kier alpha value is -1.45. The maximum atomic E-state index is 9.31. The van der Waals surface area contributed by atoms with E-state index < -0.39 is 0 Å². The predicted molar refractivity (Wildman–Crippen MR) is 74.2 cm³/mol. The first-order valence-electron chi connectivity index (χ1n) is 5.76. The number of methoxy groups -OCH3 is 1. The van der Waals surface area contributed by atoms with E-state index in [1.165, 1.54) is 10.5 Å². The quantitative estimate of drug-likeness (QED) is 0.910. The molecule has 0 aromatic heterocycles. The molecule has 0 aliphatic carbocycles. The monoisotopic (exact) mass is 260 g/mol. The maximum Gasteiger partial charge on any atom is 0.138 e. The van der Waals surface area contributed by atoms with Gasteiger partial charge in [0, 0.05) is 10.5 Å². The van der Waals surface area contributed by atoms with E-state index in [9.17, 15) is 5.11 Å². The number of rotatable bonds is 4. The minimum atomic E-state index is -0.00859. The number of para-hydroxylation sites is 1. The molecular formula is C15H16O2S. The van der Waals surface area contributed by atoms with Crippen molar-refractivity contribution in [3.05, 3.63) is 53.6 Å². The van der Waals surface area contributed by atoms with Crippen molar-refractivity contribution >= 4 is 11.8 Å². The van der Waals surface area contributed by atoms with Gasteiger partial charge in [0.15, 0.2) is 0 Å². The van der Waals surface area contributed by atoms with Gasteiger partial charge in [-0.25, -0.2) is 0 Å². The molecule has 18 heavy (non-hydrogen) atoms. The molecule has 0 heterocycles. The third kappa shape index (κ3) is 2.68. The zero-order valence-corrected chi connectivity index (χ0v) is 11.3. The van der Waals surface area contributed by atoms with E-state index in [2.05, 4.69) is 19.1 Å². The molecule has 0 spiro atoms.